The van der Waals surface area contributed by atoms with Gasteiger partial charge in [0.2, 0.25) is 5.89 Å². The lowest BCUT2D eigenvalue weighted by atomic mass is 10.1. The first-order valence-electron chi connectivity index (χ1n) is 10.3. The van der Waals surface area contributed by atoms with Crippen LogP contribution in [0.4, 0.5) is 0 Å². The van der Waals surface area contributed by atoms with E-state index in [0.717, 1.165) is 38.4 Å². The zero-order valence-electron chi connectivity index (χ0n) is 17.5. The van der Waals surface area contributed by atoms with Gasteiger partial charge in [0.1, 0.15) is 0 Å². The predicted molar refractivity (Wildman–Crippen MR) is 127 cm³/mol. The lowest BCUT2D eigenvalue weighted by molar-refractivity contribution is 0.331. The van der Waals surface area contributed by atoms with E-state index in [4.69, 9.17) is 9.52 Å². The molecule has 1 fully saturated rings. The Kier molecular flexibility index (Phi) is 10.4. The Balaban J connectivity index is 0.00000300. The number of hydrogen-bond donors (Lipinski definition) is 2. The molecule has 160 valence electrons. The largest absolute Gasteiger partial charge is 0.357 e. The molecule has 2 aromatic rings. The summed E-state index contributed by atoms with van der Waals surface area (Å²) in [4.78, 5) is 11.4. The van der Waals surface area contributed by atoms with Crippen molar-refractivity contribution in [3.05, 3.63) is 47.1 Å². The summed E-state index contributed by atoms with van der Waals surface area (Å²) in [6.07, 6.45) is 4.35. The fraction of sp³-hybridized carbons (Fsp3) is 0.571. The molecule has 0 amide bonds. The molecule has 1 aromatic carbocycles. The van der Waals surface area contributed by atoms with Gasteiger partial charge in [-0.2, -0.15) is 4.98 Å². The summed E-state index contributed by atoms with van der Waals surface area (Å²) in [5.74, 6) is 2.21. The van der Waals surface area contributed by atoms with Crippen LogP contribution in [0.5, 0.6) is 0 Å². The number of rotatable bonds is 9. The summed E-state index contributed by atoms with van der Waals surface area (Å²) in [6, 6.07) is 8.85. The maximum atomic E-state index is 5.14. The topological polar surface area (TPSA) is 78.6 Å². The molecule has 0 unspecified atom stereocenters. The van der Waals surface area contributed by atoms with Crippen molar-refractivity contribution in [3.63, 3.8) is 0 Å². The summed E-state index contributed by atoms with van der Waals surface area (Å²) >= 11 is 0. The number of hydrogen-bond acceptors (Lipinski definition) is 5. The van der Waals surface area contributed by atoms with Gasteiger partial charge in [0, 0.05) is 26.1 Å². The van der Waals surface area contributed by atoms with E-state index >= 15 is 0 Å². The van der Waals surface area contributed by atoms with Crippen LogP contribution in [0.3, 0.4) is 0 Å². The fourth-order valence-electron chi connectivity index (χ4n) is 3.35. The molecule has 1 aromatic heterocycles. The Morgan fingerprint density at radius 3 is 2.52 bits per heavy atom. The maximum Gasteiger partial charge on any atom is 0.226 e. The Morgan fingerprint density at radius 2 is 1.86 bits per heavy atom. The highest BCUT2D eigenvalue weighted by Gasteiger charge is 2.11. The third-order valence-electron chi connectivity index (χ3n) is 4.82. The van der Waals surface area contributed by atoms with E-state index in [1.54, 1.807) is 0 Å². The number of aryl methyl sites for hydroxylation is 2. The molecular formula is C21H33IN6O. The number of benzene rings is 1. The van der Waals surface area contributed by atoms with Crippen LogP contribution in [0.15, 0.2) is 33.8 Å². The maximum absolute atomic E-state index is 5.14. The van der Waals surface area contributed by atoms with Gasteiger partial charge in [0.15, 0.2) is 11.8 Å². The molecule has 0 radical (unpaired) electrons. The molecule has 0 bridgehead atoms. The number of nitrogens with one attached hydrogen (secondary N) is 2. The molecule has 0 saturated carbocycles. The Bertz CT molecular complexity index is 740. The molecule has 29 heavy (non-hydrogen) atoms. The van der Waals surface area contributed by atoms with E-state index in [1.165, 1.54) is 37.1 Å². The van der Waals surface area contributed by atoms with Crippen molar-refractivity contribution in [2.24, 2.45) is 4.99 Å². The molecule has 2 N–H and O–H groups in total. The second-order valence-electron chi connectivity index (χ2n) is 7.26. The standard InChI is InChI=1S/C21H32N6O.HI/c1-3-22-21(23-12-6-7-20-25-17(2)26-28-20)24-15-18-8-10-19(11-9-18)16-27-13-4-5-14-27;/h8-11H,3-7,12-16H2,1-2H3,(H2,22,23,24);1H. The monoisotopic (exact) mass is 512 g/mol. The minimum Gasteiger partial charge on any atom is -0.357 e. The van der Waals surface area contributed by atoms with Gasteiger partial charge in [0.25, 0.3) is 0 Å². The van der Waals surface area contributed by atoms with Crippen LogP contribution in [-0.4, -0.2) is 47.2 Å². The molecule has 2 heterocycles. The van der Waals surface area contributed by atoms with Crippen molar-refractivity contribution >= 4 is 29.9 Å². The van der Waals surface area contributed by atoms with E-state index in [2.05, 4.69) is 56.9 Å². The first-order chi connectivity index (χ1) is 13.7. The molecule has 8 heteroatoms. The number of halogens is 1. The van der Waals surface area contributed by atoms with Crippen molar-refractivity contribution in [3.8, 4) is 0 Å². The zero-order valence-corrected chi connectivity index (χ0v) is 19.8. The van der Waals surface area contributed by atoms with Crippen LogP contribution in [-0.2, 0) is 19.5 Å². The molecule has 0 atom stereocenters. The second-order valence-corrected chi connectivity index (χ2v) is 7.26. The van der Waals surface area contributed by atoms with Crippen LogP contribution in [0.1, 0.15) is 49.0 Å². The number of aromatic nitrogens is 2. The first-order valence-corrected chi connectivity index (χ1v) is 10.3. The quantitative estimate of drug-likeness (QED) is 0.233. The average molecular weight is 512 g/mol. The van der Waals surface area contributed by atoms with Gasteiger partial charge >= 0.3 is 0 Å². The summed E-state index contributed by atoms with van der Waals surface area (Å²) in [7, 11) is 0. The van der Waals surface area contributed by atoms with Crippen molar-refractivity contribution in [1.82, 2.24) is 25.7 Å². The highest BCUT2D eigenvalue weighted by atomic mass is 127. The van der Waals surface area contributed by atoms with Gasteiger partial charge in [-0.15, -0.1) is 24.0 Å². The Hall–Kier alpha value is -1.68. The first kappa shape index (κ1) is 23.6. The number of nitrogens with zero attached hydrogens (tertiary/aromatic N) is 4. The van der Waals surface area contributed by atoms with E-state index in [-0.39, 0.29) is 24.0 Å². The normalized spacial score (nSPS) is 14.6. The minimum atomic E-state index is 0. The highest BCUT2D eigenvalue weighted by molar-refractivity contribution is 14.0. The molecule has 0 spiro atoms. The van der Waals surface area contributed by atoms with Gasteiger partial charge in [-0.3, -0.25) is 4.90 Å². The Morgan fingerprint density at radius 1 is 1.14 bits per heavy atom. The van der Waals surface area contributed by atoms with Gasteiger partial charge in [-0.25, -0.2) is 4.99 Å². The lowest BCUT2D eigenvalue weighted by Gasteiger charge is -2.14. The van der Waals surface area contributed by atoms with Crippen LogP contribution in [0.25, 0.3) is 0 Å². The molecular weight excluding hydrogens is 479 g/mol. The van der Waals surface area contributed by atoms with Gasteiger partial charge < -0.3 is 15.2 Å². The predicted octanol–water partition coefficient (Wildman–Crippen LogP) is 3.28. The van der Waals surface area contributed by atoms with E-state index in [9.17, 15) is 0 Å². The summed E-state index contributed by atoms with van der Waals surface area (Å²) in [6.45, 7) is 9.75. The third-order valence-corrected chi connectivity index (χ3v) is 4.82. The highest BCUT2D eigenvalue weighted by Crippen LogP contribution is 2.13. The number of likely N-dealkylation sites (tertiary alicyclic amines) is 1. The lowest BCUT2D eigenvalue weighted by Crippen LogP contribution is -2.37. The van der Waals surface area contributed by atoms with E-state index < -0.39 is 0 Å². The molecule has 1 aliphatic rings. The fourth-order valence-corrected chi connectivity index (χ4v) is 3.35. The summed E-state index contributed by atoms with van der Waals surface area (Å²) in [5, 5.41) is 10.5. The summed E-state index contributed by atoms with van der Waals surface area (Å²) < 4.78 is 5.14. The van der Waals surface area contributed by atoms with Gasteiger partial charge in [0.05, 0.1) is 6.54 Å². The van der Waals surface area contributed by atoms with Crippen molar-refractivity contribution in [2.75, 3.05) is 26.2 Å². The molecule has 3 rings (SSSR count). The van der Waals surface area contributed by atoms with Gasteiger partial charge in [-0.1, -0.05) is 29.4 Å². The minimum absolute atomic E-state index is 0. The van der Waals surface area contributed by atoms with Crippen molar-refractivity contribution in [2.45, 2.75) is 52.6 Å². The van der Waals surface area contributed by atoms with Crippen LogP contribution < -0.4 is 10.6 Å². The second kappa shape index (κ2) is 12.8. The van der Waals surface area contributed by atoms with Crippen LogP contribution >= 0.6 is 24.0 Å². The van der Waals surface area contributed by atoms with Crippen molar-refractivity contribution in [1.29, 1.82) is 0 Å². The SMILES string of the molecule is CCNC(=NCc1ccc(CN2CCCC2)cc1)NCCCc1nc(C)no1.I. The molecule has 1 aliphatic heterocycles. The number of aliphatic imine (C=N–C) groups is 1. The molecule has 7 nitrogen and oxygen atoms in total. The summed E-state index contributed by atoms with van der Waals surface area (Å²) in [5.41, 5.74) is 2.61. The Labute approximate surface area is 190 Å². The number of guanidine groups is 1. The van der Waals surface area contributed by atoms with Crippen LogP contribution in [0, 0.1) is 6.92 Å². The molecule has 0 aliphatic carbocycles. The van der Waals surface area contributed by atoms with Gasteiger partial charge in [-0.05, 0) is 57.3 Å². The molecule has 1 saturated heterocycles. The third kappa shape index (κ3) is 8.30. The average Bonchev–Trinajstić information content (AvgIpc) is 3.36. The van der Waals surface area contributed by atoms with Crippen molar-refractivity contribution < 1.29 is 4.52 Å². The zero-order chi connectivity index (χ0) is 19.6. The van der Waals surface area contributed by atoms with E-state index in [0.29, 0.717) is 18.3 Å². The van der Waals surface area contributed by atoms with Crippen LogP contribution in [0.2, 0.25) is 0 Å². The smallest absolute Gasteiger partial charge is 0.226 e. The van der Waals surface area contributed by atoms with E-state index in [1.807, 2.05) is 6.92 Å².